The summed E-state index contributed by atoms with van der Waals surface area (Å²) in [4.78, 5) is 0. The van der Waals surface area contributed by atoms with Crippen LogP contribution in [0.4, 0.5) is 0 Å². The summed E-state index contributed by atoms with van der Waals surface area (Å²) < 4.78 is 3.82. The molecule has 0 nitrogen and oxygen atoms in total. The molecule has 6 rings (SSSR count). The molecular formula is C34H30F2Zr. The second-order valence-electron chi connectivity index (χ2n) is 9.86. The molecule has 0 unspecified atom stereocenters. The third kappa shape index (κ3) is 4.95. The molecule has 2 aliphatic carbocycles. The van der Waals surface area contributed by atoms with Crippen LogP contribution in [0.15, 0.2) is 130 Å². The molecule has 184 valence electrons. The Labute approximate surface area is 226 Å². The van der Waals surface area contributed by atoms with Crippen molar-refractivity contribution in [2.75, 3.05) is 0 Å². The van der Waals surface area contributed by atoms with E-state index in [1.54, 1.807) is 6.49 Å². The summed E-state index contributed by atoms with van der Waals surface area (Å²) in [5, 5.41) is 0. The number of halogens is 2. The van der Waals surface area contributed by atoms with Crippen molar-refractivity contribution in [3.63, 3.8) is 0 Å². The number of benzene rings is 4. The second kappa shape index (κ2) is 11.6. The first-order chi connectivity index (χ1) is 17.2. The van der Waals surface area contributed by atoms with Gasteiger partial charge in [-0.05, 0) is 0 Å². The molecule has 0 heterocycles. The molecule has 4 aromatic rings. The maximum atomic E-state index is 2.59. The Morgan fingerprint density at radius 1 is 0.649 bits per heavy atom. The molecule has 3 heteroatoms. The zero-order valence-electron chi connectivity index (χ0n) is 21.2. The van der Waals surface area contributed by atoms with Crippen LogP contribution in [0.5, 0.6) is 0 Å². The van der Waals surface area contributed by atoms with Crippen molar-refractivity contribution in [3.05, 3.63) is 152 Å². The Bertz CT molecular complexity index is 1390. The largest absolute Gasteiger partial charge is 1.00 e. The van der Waals surface area contributed by atoms with E-state index in [-0.39, 0.29) is 9.41 Å². The van der Waals surface area contributed by atoms with Crippen LogP contribution in [-0.2, 0) is 21.3 Å². The van der Waals surface area contributed by atoms with Crippen LogP contribution in [0.3, 0.4) is 0 Å². The van der Waals surface area contributed by atoms with Crippen molar-refractivity contribution in [2.24, 2.45) is 5.92 Å². The molecule has 0 N–H and O–H groups in total. The molecular weight excluding hydrogens is 538 g/mol. The van der Waals surface area contributed by atoms with Gasteiger partial charge in [0.15, 0.2) is 0 Å². The van der Waals surface area contributed by atoms with E-state index in [1.807, 2.05) is 0 Å². The summed E-state index contributed by atoms with van der Waals surface area (Å²) in [6, 6.07) is 40.8. The Morgan fingerprint density at radius 3 is 1.57 bits per heavy atom. The van der Waals surface area contributed by atoms with Gasteiger partial charge in [-0.3, -0.25) is 0 Å². The molecule has 0 aromatic heterocycles. The minimum Gasteiger partial charge on any atom is -1.00 e. The van der Waals surface area contributed by atoms with E-state index >= 15 is 0 Å². The van der Waals surface area contributed by atoms with E-state index in [9.17, 15) is 0 Å². The van der Waals surface area contributed by atoms with Crippen molar-refractivity contribution >= 4 is 3.21 Å². The summed E-state index contributed by atoms with van der Waals surface area (Å²) in [5.41, 5.74) is 10.2. The first-order valence-electron chi connectivity index (χ1n) is 12.7. The van der Waals surface area contributed by atoms with E-state index in [1.165, 1.54) is 39.0 Å². The van der Waals surface area contributed by atoms with Gasteiger partial charge in [-0.15, -0.1) is 0 Å². The third-order valence-electron chi connectivity index (χ3n) is 7.43. The standard InChI is InChI=1S/C13H9.C13H10.C8H11.2FH.Zr/c1-3-7-12-10(5-1)9-11-6-2-4-8-13(11)12;1-3-7-12(8-4-1)11-13-9-5-2-6-10-13;1-7(2)8-5-3-4-6-8;;;/h1-9H;1-10H;5-7H,3H2,1-2H3;2*1H;/q;;;;;+2/p-2. The number of hydrogen-bond acceptors (Lipinski definition) is 0. The number of hydrogen-bond donors (Lipinski definition) is 0. The monoisotopic (exact) mass is 566 g/mol. The normalized spacial score (nSPS) is 13.4. The van der Waals surface area contributed by atoms with Gasteiger partial charge in [0.2, 0.25) is 0 Å². The summed E-state index contributed by atoms with van der Waals surface area (Å²) >= 11 is -2.56. The Balaban J connectivity index is 0.00000160. The van der Waals surface area contributed by atoms with Crippen LogP contribution in [0.1, 0.15) is 46.1 Å². The minimum atomic E-state index is -2.56. The minimum absolute atomic E-state index is 0. The Kier molecular flexibility index (Phi) is 8.45. The van der Waals surface area contributed by atoms with E-state index < -0.39 is 21.3 Å². The predicted octanol–water partition coefficient (Wildman–Crippen LogP) is 2.52. The van der Waals surface area contributed by atoms with Gasteiger partial charge in [0.25, 0.3) is 0 Å². The molecule has 0 fully saturated rings. The maximum Gasteiger partial charge on any atom is -1.00 e. The molecule has 2 aliphatic rings. The van der Waals surface area contributed by atoms with Gasteiger partial charge < -0.3 is 9.41 Å². The summed E-state index contributed by atoms with van der Waals surface area (Å²) in [6.07, 6.45) is 6.20. The smallest absolute Gasteiger partial charge is 1.00 e. The third-order valence-corrected chi connectivity index (χ3v) is 15.7. The van der Waals surface area contributed by atoms with Crippen molar-refractivity contribution in [1.29, 1.82) is 0 Å². The summed E-state index contributed by atoms with van der Waals surface area (Å²) in [5.74, 6) is 0.567. The molecule has 4 aromatic carbocycles. The SMILES string of the molecule is CC(C)C1=CC[C]([Zr+2](=[C](c2ccccc2)c2ccccc2)[CH]2c3ccccc3-c3ccccc32)=C1.[F-].[F-]. The summed E-state index contributed by atoms with van der Waals surface area (Å²) in [6.45, 7) is 4.65. The molecule has 0 aliphatic heterocycles. The average Bonchev–Trinajstić information content (AvgIpc) is 3.52. The van der Waals surface area contributed by atoms with Crippen molar-refractivity contribution in [3.8, 4) is 11.1 Å². The Hall–Kier alpha value is -3.03. The fourth-order valence-corrected chi connectivity index (χ4v) is 14.9. The predicted molar refractivity (Wildman–Crippen MR) is 145 cm³/mol. The van der Waals surface area contributed by atoms with Gasteiger partial charge in [0.05, 0.1) is 0 Å². The average molecular weight is 568 g/mol. The quantitative estimate of drug-likeness (QED) is 0.348. The van der Waals surface area contributed by atoms with Crippen LogP contribution >= 0.6 is 0 Å². The fourth-order valence-electron chi connectivity index (χ4n) is 5.78. The number of allylic oxidation sites excluding steroid dienone is 4. The molecule has 0 spiro atoms. The molecule has 37 heavy (non-hydrogen) atoms. The molecule has 0 saturated carbocycles. The summed E-state index contributed by atoms with van der Waals surface area (Å²) in [7, 11) is 0. The van der Waals surface area contributed by atoms with Gasteiger partial charge in [0, 0.05) is 0 Å². The van der Waals surface area contributed by atoms with Crippen LogP contribution < -0.4 is 9.41 Å². The molecule has 0 saturated heterocycles. The van der Waals surface area contributed by atoms with E-state index in [0.29, 0.717) is 9.54 Å². The van der Waals surface area contributed by atoms with Crippen LogP contribution in [-0.4, -0.2) is 3.21 Å². The maximum absolute atomic E-state index is 2.59. The molecule has 0 radical (unpaired) electrons. The van der Waals surface area contributed by atoms with Crippen molar-refractivity contribution in [1.82, 2.24) is 0 Å². The fraction of sp³-hybridized carbons (Fsp3) is 0.147. The number of rotatable bonds is 5. The van der Waals surface area contributed by atoms with Crippen molar-refractivity contribution < 1.29 is 30.7 Å². The number of fused-ring (bicyclic) bond motifs is 3. The molecule has 0 amide bonds. The van der Waals surface area contributed by atoms with Crippen molar-refractivity contribution in [2.45, 2.75) is 23.9 Å². The zero-order chi connectivity index (χ0) is 23.8. The Morgan fingerprint density at radius 2 is 1.11 bits per heavy atom. The topological polar surface area (TPSA) is 0 Å². The first-order valence-corrected chi connectivity index (χ1v) is 16.5. The van der Waals surface area contributed by atoms with Gasteiger partial charge in [-0.1, -0.05) is 0 Å². The molecule has 0 atom stereocenters. The first kappa shape index (κ1) is 27.0. The molecule has 0 bridgehead atoms. The van der Waals surface area contributed by atoms with Gasteiger partial charge in [-0.25, -0.2) is 0 Å². The van der Waals surface area contributed by atoms with Crippen LogP contribution in [0, 0.1) is 5.92 Å². The van der Waals surface area contributed by atoms with Gasteiger partial charge in [-0.2, -0.15) is 0 Å². The van der Waals surface area contributed by atoms with E-state index in [4.69, 9.17) is 0 Å². The van der Waals surface area contributed by atoms with Crippen LogP contribution in [0.2, 0.25) is 0 Å². The second-order valence-corrected chi connectivity index (χ2v) is 16.1. The van der Waals surface area contributed by atoms with E-state index in [0.717, 1.165) is 6.42 Å². The van der Waals surface area contributed by atoms with Gasteiger partial charge in [0.1, 0.15) is 0 Å². The van der Waals surface area contributed by atoms with Gasteiger partial charge >= 0.3 is 218 Å². The van der Waals surface area contributed by atoms with E-state index in [2.05, 4.69) is 135 Å². The van der Waals surface area contributed by atoms with Crippen LogP contribution in [0.25, 0.3) is 11.1 Å². The zero-order valence-corrected chi connectivity index (χ0v) is 23.6.